The first kappa shape index (κ1) is 12.0. The Labute approximate surface area is 90.8 Å². The van der Waals surface area contributed by atoms with E-state index in [4.69, 9.17) is 0 Å². The van der Waals surface area contributed by atoms with Crippen LogP contribution in [0.15, 0.2) is 6.07 Å². The Hall–Kier alpha value is -1.10. The lowest BCUT2D eigenvalue weighted by molar-refractivity contribution is 0.606. The Balaban J connectivity index is 3.17. The fourth-order valence-corrected chi connectivity index (χ4v) is 1.96. The lowest BCUT2D eigenvalue weighted by Gasteiger charge is -2.10. The molecular weight excluding hydrogens is 212 g/mol. The van der Waals surface area contributed by atoms with Crippen LogP contribution in [0.2, 0.25) is 0 Å². The molecule has 1 heterocycles. The highest BCUT2D eigenvalue weighted by Crippen LogP contribution is 2.17. The average molecular weight is 228 g/mol. The number of anilines is 1. The molecule has 0 unspecified atom stereocenters. The minimum Gasteiger partial charge on any atom is -0.267 e. The van der Waals surface area contributed by atoms with Gasteiger partial charge in [0.2, 0.25) is 10.0 Å². The second-order valence-corrected chi connectivity index (χ2v) is 5.37. The fraction of sp³-hybridized carbons (Fsp3) is 0.500. The van der Waals surface area contributed by atoms with Gasteiger partial charge in [-0.1, -0.05) is 13.0 Å². The van der Waals surface area contributed by atoms with Crippen LogP contribution in [0, 0.1) is 13.8 Å². The van der Waals surface area contributed by atoms with Crippen molar-refractivity contribution in [2.75, 3.05) is 11.0 Å². The molecule has 0 saturated heterocycles. The summed E-state index contributed by atoms with van der Waals surface area (Å²) in [4.78, 5) is 4.24. The summed E-state index contributed by atoms with van der Waals surface area (Å²) in [7, 11) is -3.25. The van der Waals surface area contributed by atoms with Gasteiger partial charge in [0.15, 0.2) is 0 Å². The Morgan fingerprint density at radius 3 is 2.47 bits per heavy atom. The van der Waals surface area contributed by atoms with Crippen molar-refractivity contribution in [3.63, 3.8) is 0 Å². The van der Waals surface area contributed by atoms with E-state index in [2.05, 4.69) is 9.71 Å². The molecule has 0 saturated carbocycles. The second kappa shape index (κ2) is 4.18. The SMILES string of the molecule is CCc1cc(C)c(NS(C)(=O)=O)nc1C. The molecule has 1 N–H and O–H groups in total. The first-order valence-corrected chi connectivity index (χ1v) is 6.67. The highest BCUT2D eigenvalue weighted by atomic mass is 32.2. The molecule has 0 fully saturated rings. The van der Waals surface area contributed by atoms with Gasteiger partial charge in [-0.15, -0.1) is 0 Å². The van der Waals surface area contributed by atoms with Gasteiger partial charge in [-0.05, 0) is 31.4 Å². The maximum absolute atomic E-state index is 11.1. The summed E-state index contributed by atoms with van der Waals surface area (Å²) in [6, 6.07) is 1.97. The smallest absolute Gasteiger partial charge is 0.230 e. The highest BCUT2D eigenvalue weighted by Gasteiger charge is 2.08. The molecule has 0 spiro atoms. The van der Waals surface area contributed by atoms with Crippen LogP contribution in [0.25, 0.3) is 0 Å². The van der Waals surface area contributed by atoms with Crippen LogP contribution in [-0.4, -0.2) is 19.7 Å². The van der Waals surface area contributed by atoms with Crippen LogP contribution in [0.4, 0.5) is 5.82 Å². The van der Waals surface area contributed by atoms with Gasteiger partial charge in [0.05, 0.1) is 6.26 Å². The van der Waals surface area contributed by atoms with E-state index >= 15 is 0 Å². The van der Waals surface area contributed by atoms with Crippen molar-refractivity contribution in [2.24, 2.45) is 0 Å². The van der Waals surface area contributed by atoms with E-state index in [1.54, 1.807) is 0 Å². The lowest BCUT2D eigenvalue weighted by atomic mass is 10.1. The zero-order chi connectivity index (χ0) is 11.6. The summed E-state index contributed by atoms with van der Waals surface area (Å²) >= 11 is 0. The van der Waals surface area contributed by atoms with Crippen LogP contribution < -0.4 is 4.72 Å². The summed E-state index contributed by atoms with van der Waals surface area (Å²) in [5.41, 5.74) is 2.86. The largest absolute Gasteiger partial charge is 0.267 e. The van der Waals surface area contributed by atoms with Gasteiger partial charge in [-0.2, -0.15) is 0 Å². The quantitative estimate of drug-likeness (QED) is 0.855. The normalized spacial score (nSPS) is 11.5. The molecule has 0 bridgehead atoms. The van der Waals surface area contributed by atoms with Crippen molar-refractivity contribution in [2.45, 2.75) is 27.2 Å². The summed E-state index contributed by atoms with van der Waals surface area (Å²) < 4.78 is 24.5. The van der Waals surface area contributed by atoms with Crippen molar-refractivity contribution in [1.82, 2.24) is 4.98 Å². The number of aromatic nitrogens is 1. The third-order valence-corrected chi connectivity index (χ3v) is 2.74. The van der Waals surface area contributed by atoms with Crippen molar-refractivity contribution < 1.29 is 8.42 Å². The average Bonchev–Trinajstić information content (AvgIpc) is 2.08. The number of rotatable bonds is 3. The van der Waals surface area contributed by atoms with Gasteiger partial charge in [0.1, 0.15) is 5.82 Å². The van der Waals surface area contributed by atoms with E-state index in [1.165, 1.54) is 0 Å². The highest BCUT2D eigenvalue weighted by molar-refractivity contribution is 7.92. The standard InChI is InChI=1S/C10H16N2O2S/c1-5-9-6-7(2)10(11-8(9)3)12-15(4,13)14/h6H,5H2,1-4H3,(H,11,12). The summed E-state index contributed by atoms with van der Waals surface area (Å²) in [5.74, 6) is 0.423. The predicted molar refractivity (Wildman–Crippen MR) is 61.6 cm³/mol. The van der Waals surface area contributed by atoms with E-state index in [0.29, 0.717) is 5.82 Å². The number of hydrogen-bond acceptors (Lipinski definition) is 3. The van der Waals surface area contributed by atoms with Crippen LogP contribution in [-0.2, 0) is 16.4 Å². The van der Waals surface area contributed by atoms with Gasteiger partial charge < -0.3 is 0 Å². The van der Waals surface area contributed by atoms with Crippen LogP contribution in [0.3, 0.4) is 0 Å². The van der Waals surface area contributed by atoms with E-state index in [-0.39, 0.29) is 0 Å². The molecule has 4 nitrogen and oxygen atoms in total. The maximum atomic E-state index is 11.1. The number of nitrogens with zero attached hydrogens (tertiary/aromatic N) is 1. The molecule has 0 atom stereocenters. The van der Waals surface area contributed by atoms with E-state index in [9.17, 15) is 8.42 Å². The number of aryl methyl sites for hydroxylation is 3. The van der Waals surface area contributed by atoms with Crippen molar-refractivity contribution in [3.05, 3.63) is 22.9 Å². The topological polar surface area (TPSA) is 59.1 Å². The summed E-state index contributed by atoms with van der Waals surface area (Å²) in [6.45, 7) is 5.78. The predicted octanol–water partition coefficient (Wildman–Crippen LogP) is 1.63. The number of sulfonamides is 1. The molecule has 0 aliphatic carbocycles. The Kier molecular flexibility index (Phi) is 3.34. The van der Waals surface area contributed by atoms with Crippen LogP contribution >= 0.6 is 0 Å². The van der Waals surface area contributed by atoms with Crippen molar-refractivity contribution in [3.8, 4) is 0 Å². The molecule has 0 radical (unpaired) electrons. The minimum absolute atomic E-state index is 0.423. The molecule has 1 aromatic heterocycles. The molecule has 84 valence electrons. The molecule has 0 amide bonds. The molecule has 1 aromatic rings. The Morgan fingerprint density at radius 2 is 2.00 bits per heavy atom. The van der Waals surface area contributed by atoms with Gasteiger partial charge in [0.25, 0.3) is 0 Å². The van der Waals surface area contributed by atoms with E-state index in [1.807, 2.05) is 26.8 Å². The summed E-state index contributed by atoms with van der Waals surface area (Å²) in [6.07, 6.45) is 2.02. The molecule has 1 rings (SSSR count). The maximum Gasteiger partial charge on any atom is 0.230 e. The lowest BCUT2D eigenvalue weighted by Crippen LogP contribution is -2.13. The molecule has 0 aromatic carbocycles. The van der Waals surface area contributed by atoms with Gasteiger partial charge >= 0.3 is 0 Å². The van der Waals surface area contributed by atoms with Crippen LogP contribution in [0.5, 0.6) is 0 Å². The second-order valence-electron chi connectivity index (χ2n) is 3.63. The minimum atomic E-state index is -3.25. The zero-order valence-electron chi connectivity index (χ0n) is 9.46. The number of hydrogen-bond donors (Lipinski definition) is 1. The zero-order valence-corrected chi connectivity index (χ0v) is 10.3. The summed E-state index contributed by atoms with van der Waals surface area (Å²) in [5, 5.41) is 0. The monoisotopic (exact) mass is 228 g/mol. The van der Waals surface area contributed by atoms with E-state index < -0.39 is 10.0 Å². The molecule has 15 heavy (non-hydrogen) atoms. The third-order valence-electron chi connectivity index (χ3n) is 2.17. The molecule has 0 aliphatic heterocycles. The van der Waals surface area contributed by atoms with Gasteiger partial charge in [-0.25, -0.2) is 13.4 Å². The number of pyridine rings is 1. The van der Waals surface area contributed by atoms with E-state index in [0.717, 1.165) is 29.5 Å². The van der Waals surface area contributed by atoms with Crippen LogP contribution in [0.1, 0.15) is 23.7 Å². The van der Waals surface area contributed by atoms with Crippen molar-refractivity contribution in [1.29, 1.82) is 0 Å². The van der Waals surface area contributed by atoms with Gasteiger partial charge in [-0.3, -0.25) is 4.72 Å². The van der Waals surface area contributed by atoms with Crippen molar-refractivity contribution >= 4 is 15.8 Å². The fourth-order valence-electron chi connectivity index (χ4n) is 1.40. The number of nitrogens with one attached hydrogen (secondary N) is 1. The van der Waals surface area contributed by atoms with Gasteiger partial charge in [0, 0.05) is 5.69 Å². The first-order valence-electron chi connectivity index (χ1n) is 4.78. The Morgan fingerprint density at radius 1 is 1.40 bits per heavy atom. The molecular formula is C10H16N2O2S. The first-order chi connectivity index (χ1) is 6.83. The third kappa shape index (κ3) is 3.20. The molecule has 5 heteroatoms. The molecule has 0 aliphatic rings. The Bertz CT molecular complexity index is 467.